The normalized spacial score (nSPS) is 16.7. The summed E-state index contributed by atoms with van der Waals surface area (Å²) < 4.78 is 10.8. The molecular formula is C17H15NO5S2. The van der Waals surface area contributed by atoms with Crippen LogP contribution < -0.4 is 9.47 Å². The van der Waals surface area contributed by atoms with Crippen LogP contribution in [0.3, 0.4) is 0 Å². The number of benzene rings is 1. The van der Waals surface area contributed by atoms with E-state index in [0.29, 0.717) is 22.0 Å². The molecule has 1 aliphatic rings. The van der Waals surface area contributed by atoms with E-state index < -0.39 is 17.9 Å². The standard InChI is InChI=1S/C17H15NO5S2/c1-4-7-23-12-6-5-11(8-13(12)22-3)9-14-15(19)18(17(24)25-14)10(2)16(20)21/h1,5-6,8-10H,7H2,2-3H3,(H,20,21)/b14-9-/t10-/m0/s1. The number of ether oxygens (including phenoxy) is 2. The number of amides is 1. The van der Waals surface area contributed by atoms with Gasteiger partial charge in [-0.25, -0.2) is 4.79 Å². The minimum Gasteiger partial charge on any atom is -0.493 e. The lowest BCUT2D eigenvalue weighted by Gasteiger charge is -2.18. The Labute approximate surface area is 154 Å². The van der Waals surface area contributed by atoms with Gasteiger partial charge in [0.2, 0.25) is 0 Å². The first-order chi connectivity index (χ1) is 11.9. The summed E-state index contributed by atoms with van der Waals surface area (Å²) in [6.07, 6.45) is 6.80. The fourth-order valence-corrected chi connectivity index (χ4v) is 3.51. The van der Waals surface area contributed by atoms with Crippen molar-refractivity contribution in [3.63, 3.8) is 0 Å². The zero-order valence-corrected chi connectivity index (χ0v) is 15.1. The van der Waals surface area contributed by atoms with Crippen LogP contribution in [0.2, 0.25) is 0 Å². The van der Waals surface area contributed by atoms with Gasteiger partial charge in [0.25, 0.3) is 5.91 Å². The molecular weight excluding hydrogens is 362 g/mol. The maximum absolute atomic E-state index is 12.4. The second-order valence-corrected chi connectivity index (χ2v) is 6.64. The van der Waals surface area contributed by atoms with Crippen molar-refractivity contribution in [2.24, 2.45) is 0 Å². The summed E-state index contributed by atoms with van der Waals surface area (Å²) in [7, 11) is 1.50. The number of carboxylic acids is 1. The number of carbonyl (C=O) groups excluding carboxylic acids is 1. The van der Waals surface area contributed by atoms with Gasteiger partial charge in [0.1, 0.15) is 17.0 Å². The smallest absolute Gasteiger partial charge is 0.326 e. The second-order valence-electron chi connectivity index (χ2n) is 4.97. The minimum atomic E-state index is -1.12. The predicted octanol–water partition coefficient (Wildman–Crippen LogP) is 2.38. The lowest BCUT2D eigenvalue weighted by molar-refractivity contribution is -0.144. The van der Waals surface area contributed by atoms with Crippen LogP contribution in [0.15, 0.2) is 23.1 Å². The summed E-state index contributed by atoms with van der Waals surface area (Å²) in [4.78, 5) is 25.0. The maximum atomic E-state index is 12.4. The molecule has 1 fully saturated rings. The van der Waals surface area contributed by atoms with Gasteiger partial charge in [-0.3, -0.25) is 9.69 Å². The Morgan fingerprint density at radius 3 is 2.84 bits per heavy atom. The van der Waals surface area contributed by atoms with Crippen molar-refractivity contribution in [1.29, 1.82) is 0 Å². The van der Waals surface area contributed by atoms with Crippen molar-refractivity contribution in [2.75, 3.05) is 13.7 Å². The molecule has 1 aliphatic heterocycles. The molecule has 6 nitrogen and oxygen atoms in total. The number of thioether (sulfide) groups is 1. The molecule has 130 valence electrons. The molecule has 1 atom stereocenters. The average Bonchev–Trinajstić information content (AvgIpc) is 2.86. The highest BCUT2D eigenvalue weighted by molar-refractivity contribution is 8.26. The number of rotatable bonds is 6. The molecule has 1 aromatic rings. The summed E-state index contributed by atoms with van der Waals surface area (Å²) in [5, 5.41) is 9.10. The van der Waals surface area contributed by atoms with E-state index in [2.05, 4.69) is 5.92 Å². The molecule has 0 aromatic heterocycles. The van der Waals surface area contributed by atoms with Crippen LogP contribution in [0, 0.1) is 12.3 Å². The number of carboxylic acid groups (broad SMARTS) is 1. The Morgan fingerprint density at radius 1 is 1.52 bits per heavy atom. The Kier molecular flexibility index (Phi) is 6.07. The molecule has 8 heteroatoms. The van der Waals surface area contributed by atoms with Crippen LogP contribution in [0.5, 0.6) is 11.5 Å². The van der Waals surface area contributed by atoms with Gasteiger partial charge in [-0.05, 0) is 30.7 Å². The van der Waals surface area contributed by atoms with Gasteiger partial charge in [0.05, 0.1) is 12.0 Å². The van der Waals surface area contributed by atoms with Crippen LogP contribution in [-0.4, -0.2) is 46.0 Å². The molecule has 0 unspecified atom stereocenters. The van der Waals surface area contributed by atoms with E-state index in [-0.39, 0.29) is 10.9 Å². The van der Waals surface area contributed by atoms with Crippen molar-refractivity contribution < 1.29 is 24.2 Å². The number of aliphatic carboxylic acids is 1. The molecule has 0 radical (unpaired) electrons. The van der Waals surface area contributed by atoms with E-state index in [1.165, 1.54) is 14.0 Å². The summed E-state index contributed by atoms with van der Waals surface area (Å²) in [5.41, 5.74) is 0.688. The van der Waals surface area contributed by atoms with E-state index in [1.807, 2.05) is 0 Å². The zero-order chi connectivity index (χ0) is 18.6. The molecule has 1 aromatic carbocycles. The molecule has 1 heterocycles. The molecule has 1 amide bonds. The third kappa shape index (κ3) is 4.13. The van der Waals surface area contributed by atoms with Crippen molar-refractivity contribution in [3.8, 4) is 23.8 Å². The van der Waals surface area contributed by atoms with Crippen LogP contribution in [0.1, 0.15) is 12.5 Å². The molecule has 1 saturated heterocycles. The number of methoxy groups -OCH3 is 1. The van der Waals surface area contributed by atoms with Crippen LogP contribution >= 0.6 is 24.0 Å². The van der Waals surface area contributed by atoms with Gasteiger partial charge >= 0.3 is 5.97 Å². The van der Waals surface area contributed by atoms with Gasteiger partial charge in [-0.1, -0.05) is 36.0 Å². The average molecular weight is 377 g/mol. The van der Waals surface area contributed by atoms with Gasteiger partial charge in [0.15, 0.2) is 11.5 Å². The largest absolute Gasteiger partial charge is 0.493 e. The van der Waals surface area contributed by atoms with E-state index in [1.54, 1.807) is 24.3 Å². The number of hydrogen-bond donors (Lipinski definition) is 1. The van der Waals surface area contributed by atoms with Crippen LogP contribution in [0.4, 0.5) is 0 Å². The first-order valence-corrected chi connectivity index (χ1v) is 8.35. The second kappa shape index (κ2) is 8.05. The van der Waals surface area contributed by atoms with Crippen molar-refractivity contribution in [1.82, 2.24) is 4.90 Å². The van der Waals surface area contributed by atoms with E-state index in [4.69, 9.17) is 33.2 Å². The molecule has 25 heavy (non-hydrogen) atoms. The summed E-state index contributed by atoms with van der Waals surface area (Å²) in [6, 6.07) is 4.09. The van der Waals surface area contributed by atoms with E-state index in [9.17, 15) is 9.59 Å². The summed E-state index contributed by atoms with van der Waals surface area (Å²) in [5.74, 6) is 1.78. The van der Waals surface area contributed by atoms with Crippen molar-refractivity contribution >= 4 is 46.3 Å². The van der Waals surface area contributed by atoms with E-state index in [0.717, 1.165) is 16.7 Å². The monoisotopic (exact) mass is 377 g/mol. The Morgan fingerprint density at radius 2 is 2.24 bits per heavy atom. The fraction of sp³-hybridized carbons (Fsp3) is 0.235. The van der Waals surface area contributed by atoms with Crippen LogP contribution in [-0.2, 0) is 9.59 Å². The van der Waals surface area contributed by atoms with Crippen molar-refractivity contribution in [2.45, 2.75) is 13.0 Å². The van der Waals surface area contributed by atoms with Gasteiger partial charge in [-0.15, -0.1) is 6.42 Å². The SMILES string of the molecule is C#CCOc1ccc(/C=C2\SC(=S)N([C@@H](C)C(=O)O)C2=O)cc1OC. The maximum Gasteiger partial charge on any atom is 0.326 e. The Hall–Kier alpha value is -2.50. The molecule has 0 aliphatic carbocycles. The number of terminal acetylenes is 1. The lowest BCUT2D eigenvalue weighted by atomic mass is 10.1. The first-order valence-electron chi connectivity index (χ1n) is 7.13. The van der Waals surface area contributed by atoms with E-state index >= 15 is 0 Å². The zero-order valence-electron chi connectivity index (χ0n) is 13.5. The Bertz CT molecular complexity index is 797. The summed E-state index contributed by atoms with van der Waals surface area (Å²) >= 11 is 6.18. The molecule has 0 bridgehead atoms. The third-order valence-corrected chi connectivity index (χ3v) is 4.70. The topological polar surface area (TPSA) is 76.1 Å². The molecule has 0 spiro atoms. The van der Waals surface area contributed by atoms with Crippen LogP contribution in [0.25, 0.3) is 6.08 Å². The summed E-state index contributed by atoms with van der Waals surface area (Å²) in [6.45, 7) is 1.53. The molecule has 2 rings (SSSR count). The number of nitrogens with zero attached hydrogens (tertiary/aromatic N) is 1. The first kappa shape index (κ1) is 18.8. The van der Waals surface area contributed by atoms with Gasteiger partial charge < -0.3 is 14.6 Å². The number of hydrogen-bond acceptors (Lipinski definition) is 6. The molecule has 1 N–H and O–H groups in total. The fourth-order valence-electron chi connectivity index (χ4n) is 2.09. The predicted molar refractivity (Wildman–Crippen MR) is 99.4 cm³/mol. The number of carbonyl (C=O) groups is 2. The number of thiocarbonyl (C=S) groups is 1. The highest BCUT2D eigenvalue weighted by Gasteiger charge is 2.38. The van der Waals surface area contributed by atoms with Gasteiger partial charge in [0, 0.05) is 0 Å². The third-order valence-electron chi connectivity index (χ3n) is 3.36. The van der Waals surface area contributed by atoms with Gasteiger partial charge in [-0.2, -0.15) is 0 Å². The lowest BCUT2D eigenvalue weighted by Crippen LogP contribution is -2.41. The quantitative estimate of drug-likeness (QED) is 0.463. The van der Waals surface area contributed by atoms with Crippen molar-refractivity contribution in [3.05, 3.63) is 28.7 Å². The minimum absolute atomic E-state index is 0.113. The molecule has 0 saturated carbocycles. The highest BCUT2D eigenvalue weighted by atomic mass is 32.2. The highest BCUT2D eigenvalue weighted by Crippen LogP contribution is 2.35. The Balaban J connectivity index is 2.29.